The number of nitrogens with zero attached hydrogens (tertiary/aromatic N) is 4. The minimum absolute atomic E-state index is 0.0813. The number of hydrogen-bond donors (Lipinski definition) is 2. The van der Waals surface area contributed by atoms with Gasteiger partial charge >= 0.3 is 0 Å². The van der Waals surface area contributed by atoms with E-state index in [-0.39, 0.29) is 6.04 Å². The van der Waals surface area contributed by atoms with Gasteiger partial charge in [0.25, 0.3) is 0 Å². The topological polar surface area (TPSA) is 72.0 Å². The van der Waals surface area contributed by atoms with Crippen molar-refractivity contribution in [1.29, 1.82) is 0 Å². The third-order valence-corrected chi connectivity index (χ3v) is 4.12. The average molecular weight is 242 g/mol. The van der Waals surface area contributed by atoms with Crippen molar-refractivity contribution in [2.24, 2.45) is 12.9 Å². The van der Waals surface area contributed by atoms with Crippen molar-refractivity contribution in [2.75, 3.05) is 25.1 Å². The molecular weight excluding hydrogens is 224 g/mol. The van der Waals surface area contributed by atoms with Gasteiger partial charge in [0.2, 0.25) is 0 Å². The number of hydrazine groups is 1. The number of rotatable bonds is 3. The molecule has 1 aromatic heterocycles. The van der Waals surface area contributed by atoms with E-state index in [1.54, 1.807) is 10.9 Å². The molecule has 1 saturated heterocycles. The second-order valence-electron chi connectivity index (χ2n) is 4.05. The van der Waals surface area contributed by atoms with Crippen LogP contribution in [0.5, 0.6) is 0 Å². The molecule has 16 heavy (non-hydrogen) atoms. The van der Waals surface area contributed by atoms with E-state index in [1.807, 2.05) is 18.8 Å². The molecular formula is C9H18N6S. The van der Waals surface area contributed by atoms with Crippen LogP contribution in [0.3, 0.4) is 0 Å². The molecule has 6 nitrogen and oxygen atoms in total. The molecule has 0 amide bonds. The molecule has 1 aliphatic rings. The van der Waals surface area contributed by atoms with Gasteiger partial charge in [-0.15, -0.1) is 5.10 Å². The fourth-order valence-corrected chi connectivity index (χ4v) is 3.30. The number of thioether (sulfide) groups is 1. The number of hydrogen-bond acceptors (Lipinski definition) is 6. The van der Waals surface area contributed by atoms with Crippen molar-refractivity contribution in [3.8, 4) is 0 Å². The number of aryl methyl sites for hydroxylation is 1. The van der Waals surface area contributed by atoms with Gasteiger partial charge in [-0.05, 0) is 7.05 Å². The first-order valence-corrected chi connectivity index (χ1v) is 6.48. The Bertz CT molecular complexity index is 340. The highest BCUT2D eigenvalue weighted by Crippen LogP contribution is 2.25. The molecule has 0 aromatic carbocycles. The summed E-state index contributed by atoms with van der Waals surface area (Å²) in [4.78, 5) is 2.34. The molecule has 0 aliphatic carbocycles. The molecule has 2 heterocycles. The number of likely N-dealkylation sites (N-methyl/N-ethyl adjacent to an activating group) is 1. The predicted octanol–water partition coefficient (Wildman–Crippen LogP) is -0.633. The van der Waals surface area contributed by atoms with Crippen LogP contribution in [0.2, 0.25) is 0 Å². The lowest BCUT2D eigenvalue weighted by Gasteiger charge is -2.37. The molecule has 1 aromatic rings. The minimum Gasteiger partial charge on any atom is -0.300 e. The molecule has 2 rings (SSSR count). The molecule has 90 valence electrons. The van der Waals surface area contributed by atoms with Crippen LogP contribution in [0.1, 0.15) is 11.7 Å². The van der Waals surface area contributed by atoms with Crippen LogP contribution < -0.4 is 11.3 Å². The van der Waals surface area contributed by atoms with Gasteiger partial charge in [-0.3, -0.25) is 15.4 Å². The van der Waals surface area contributed by atoms with E-state index in [0.29, 0.717) is 6.04 Å². The maximum Gasteiger partial charge on any atom is 0.0808 e. The fraction of sp³-hybridized carbons (Fsp3) is 0.778. The zero-order chi connectivity index (χ0) is 11.5. The highest BCUT2D eigenvalue weighted by Gasteiger charge is 2.30. The molecule has 3 N–H and O–H groups in total. The van der Waals surface area contributed by atoms with Crippen LogP contribution in [0, 0.1) is 0 Å². The van der Waals surface area contributed by atoms with Crippen molar-refractivity contribution < 1.29 is 0 Å². The highest BCUT2D eigenvalue weighted by molar-refractivity contribution is 7.99. The lowest BCUT2D eigenvalue weighted by atomic mass is 10.1. The summed E-state index contributed by atoms with van der Waals surface area (Å²) >= 11 is 1.97. The Kier molecular flexibility index (Phi) is 3.80. The van der Waals surface area contributed by atoms with Crippen LogP contribution in [0.25, 0.3) is 0 Å². The van der Waals surface area contributed by atoms with Gasteiger partial charge in [0.1, 0.15) is 0 Å². The zero-order valence-electron chi connectivity index (χ0n) is 9.63. The first-order valence-electron chi connectivity index (χ1n) is 5.32. The van der Waals surface area contributed by atoms with E-state index in [4.69, 9.17) is 5.84 Å². The van der Waals surface area contributed by atoms with Crippen molar-refractivity contribution in [2.45, 2.75) is 12.1 Å². The van der Waals surface area contributed by atoms with E-state index in [2.05, 4.69) is 27.7 Å². The van der Waals surface area contributed by atoms with Crippen molar-refractivity contribution in [3.63, 3.8) is 0 Å². The maximum atomic E-state index is 5.67. The monoisotopic (exact) mass is 242 g/mol. The number of nitrogens with two attached hydrogens (primary N) is 1. The lowest BCUT2D eigenvalue weighted by Crippen LogP contribution is -2.50. The molecule has 0 radical (unpaired) electrons. The second kappa shape index (κ2) is 5.13. The highest BCUT2D eigenvalue weighted by atomic mass is 32.2. The largest absolute Gasteiger partial charge is 0.300 e. The van der Waals surface area contributed by atoms with E-state index < -0.39 is 0 Å². The molecule has 1 aliphatic heterocycles. The van der Waals surface area contributed by atoms with Gasteiger partial charge in [-0.1, -0.05) is 5.21 Å². The molecule has 0 saturated carbocycles. The van der Waals surface area contributed by atoms with Gasteiger partial charge in [-0.25, -0.2) is 5.43 Å². The molecule has 2 atom stereocenters. The molecule has 2 unspecified atom stereocenters. The third kappa shape index (κ3) is 2.22. The van der Waals surface area contributed by atoms with Crippen LogP contribution in [-0.2, 0) is 7.05 Å². The Morgan fingerprint density at radius 1 is 1.62 bits per heavy atom. The Morgan fingerprint density at radius 3 is 3.00 bits per heavy atom. The molecule has 0 spiro atoms. The molecule has 0 bridgehead atoms. The van der Waals surface area contributed by atoms with E-state index in [0.717, 1.165) is 18.0 Å². The average Bonchev–Trinajstić information content (AvgIpc) is 2.69. The van der Waals surface area contributed by atoms with Gasteiger partial charge < -0.3 is 0 Å². The first-order chi connectivity index (χ1) is 7.74. The Labute approximate surface area is 99.5 Å². The van der Waals surface area contributed by atoms with Gasteiger partial charge in [-0.2, -0.15) is 11.8 Å². The van der Waals surface area contributed by atoms with Crippen molar-refractivity contribution in [1.82, 2.24) is 25.3 Å². The zero-order valence-corrected chi connectivity index (χ0v) is 10.4. The Hall–Kier alpha value is -0.630. The van der Waals surface area contributed by atoms with E-state index >= 15 is 0 Å². The Balaban J connectivity index is 2.18. The van der Waals surface area contributed by atoms with Crippen molar-refractivity contribution >= 4 is 11.8 Å². The van der Waals surface area contributed by atoms with Crippen LogP contribution >= 0.6 is 11.8 Å². The van der Waals surface area contributed by atoms with Crippen LogP contribution in [0.4, 0.5) is 0 Å². The van der Waals surface area contributed by atoms with Gasteiger partial charge in [0.05, 0.1) is 17.9 Å². The Morgan fingerprint density at radius 2 is 2.44 bits per heavy atom. The summed E-state index contributed by atoms with van der Waals surface area (Å²) in [6.07, 6.45) is 1.78. The summed E-state index contributed by atoms with van der Waals surface area (Å²) in [5.41, 5.74) is 3.92. The maximum absolute atomic E-state index is 5.67. The quantitative estimate of drug-likeness (QED) is 0.543. The lowest BCUT2D eigenvalue weighted by molar-refractivity contribution is 0.211. The standard InChI is InChI=1S/C9H18N6S/c1-14-3-4-16-6-8(14)9(12-10)7-5-11-13-15(7)2/h5,8-9,12H,3-4,6,10H2,1-2H3. The third-order valence-electron chi connectivity index (χ3n) is 3.08. The summed E-state index contributed by atoms with van der Waals surface area (Å²) in [6.45, 7) is 1.10. The summed E-state index contributed by atoms with van der Waals surface area (Å²) in [5, 5.41) is 7.85. The van der Waals surface area contributed by atoms with Gasteiger partial charge in [0.15, 0.2) is 0 Å². The summed E-state index contributed by atoms with van der Waals surface area (Å²) in [6, 6.07) is 0.471. The van der Waals surface area contributed by atoms with E-state index in [9.17, 15) is 0 Å². The summed E-state index contributed by atoms with van der Waals surface area (Å²) < 4.78 is 1.78. The van der Waals surface area contributed by atoms with Crippen LogP contribution in [0.15, 0.2) is 6.20 Å². The minimum atomic E-state index is 0.0813. The SMILES string of the molecule is CN1CCSCC1C(NN)c1cnnn1C. The van der Waals surface area contributed by atoms with Crippen LogP contribution in [-0.4, -0.2) is 51.0 Å². The number of nitrogens with one attached hydrogen (secondary N) is 1. The van der Waals surface area contributed by atoms with E-state index in [1.165, 1.54) is 5.75 Å². The van der Waals surface area contributed by atoms with Crippen molar-refractivity contribution in [3.05, 3.63) is 11.9 Å². The molecule has 7 heteroatoms. The smallest absolute Gasteiger partial charge is 0.0808 e. The summed E-state index contributed by atoms with van der Waals surface area (Å²) in [5.74, 6) is 7.94. The van der Waals surface area contributed by atoms with Gasteiger partial charge in [0, 0.05) is 31.1 Å². The first kappa shape index (κ1) is 11.8. The predicted molar refractivity (Wildman–Crippen MR) is 64.8 cm³/mol. The number of aromatic nitrogens is 3. The fourth-order valence-electron chi connectivity index (χ4n) is 2.03. The second-order valence-corrected chi connectivity index (χ2v) is 5.20. The molecule has 1 fully saturated rings. The normalized spacial score (nSPS) is 24.6. The summed E-state index contributed by atoms with van der Waals surface area (Å²) in [7, 11) is 4.03.